The average Bonchev–Trinajstić information content (AvgIpc) is 2.46. The molecule has 1 rings (SSSR count). The summed E-state index contributed by atoms with van der Waals surface area (Å²) < 4.78 is 34.6. The summed E-state index contributed by atoms with van der Waals surface area (Å²) in [6.45, 7) is 6.33. The molecule has 0 aliphatic heterocycles. The first kappa shape index (κ1) is 17.5. The van der Waals surface area contributed by atoms with Gasteiger partial charge >= 0.3 is 0 Å². The first-order chi connectivity index (χ1) is 9.47. The maximum atomic E-state index is 14.4. The van der Waals surface area contributed by atoms with Crippen LogP contribution in [-0.4, -0.2) is 19.3 Å². The molecule has 2 nitrogen and oxygen atoms in total. The quantitative estimate of drug-likeness (QED) is 0.727. The maximum absolute atomic E-state index is 14.4. The molecule has 5 heteroatoms. The SMILES string of the molecule is CCOC(CC)(CC)C(NC)c1c(F)ccc(Br)c1F. The molecule has 1 atom stereocenters. The Morgan fingerprint density at radius 1 is 1.25 bits per heavy atom. The molecular weight excluding hydrogens is 328 g/mol. The summed E-state index contributed by atoms with van der Waals surface area (Å²) >= 11 is 3.12. The van der Waals surface area contributed by atoms with Crippen LogP contribution in [0.15, 0.2) is 16.6 Å². The molecule has 0 spiro atoms. The highest BCUT2D eigenvalue weighted by Gasteiger charge is 2.39. The number of ether oxygens (including phenoxy) is 1. The van der Waals surface area contributed by atoms with Crippen molar-refractivity contribution in [3.63, 3.8) is 0 Å². The van der Waals surface area contributed by atoms with E-state index in [4.69, 9.17) is 4.74 Å². The minimum atomic E-state index is -0.633. The van der Waals surface area contributed by atoms with Gasteiger partial charge in [0, 0.05) is 12.2 Å². The summed E-state index contributed by atoms with van der Waals surface area (Å²) in [6.07, 6.45) is 1.32. The minimum absolute atomic E-state index is 0.0269. The molecule has 114 valence electrons. The molecule has 1 unspecified atom stereocenters. The molecule has 0 saturated heterocycles. The van der Waals surface area contributed by atoms with Crippen LogP contribution >= 0.6 is 15.9 Å². The topological polar surface area (TPSA) is 21.3 Å². The number of hydrogen-bond acceptors (Lipinski definition) is 2. The fourth-order valence-electron chi connectivity index (χ4n) is 2.71. The van der Waals surface area contributed by atoms with Gasteiger partial charge in [0.25, 0.3) is 0 Å². The van der Waals surface area contributed by atoms with Gasteiger partial charge in [0.1, 0.15) is 11.6 Å². The second-order valence-corrected chi connectivity index (χ2v) is 5.54. The van der Waals surface area contributed by atoms with E-state index in [0.717, 1.165) is 0 Å². The lowest BCUT2D eigenvalue weighted by atomic mass is 9.83. The predicted molar refractivity (Wildman–Crippen MR) is 80.8 cm³/mol. The molecule has 0 aliphatic carbocycles. The van der Waals surface area contributed by atoms with Crippen LogP contribution in [0.4, 0.5) is 8.78 Å². The van der Waals surface area contributed by atoms with E-state index >= 15 is 0 Å². The molecule has 0 heterocycles. The van der Waals surface area contributed by atoms with Crippen molar-refractivity contribution in [1.82, 2.24) is 5.32 Å². The monoisotopic (exact) mass is 349 g/mol. The predicted octanol–water partition coefficient (Wildman–Crippen LogP) is 4.58. The lowest BCUT2D eigenvalue weighted by Crippen LogP contribution is -2.45. The zero-order valence-corrected chi connectivity index (χ0v) is 14.0. The van der Waals surface area contributed by atoms with Crippen molar-refractivity contribution in [1.29, 1.82) is 0 Å². The van der Waals surface area contributed by atoms with E-state index in [9.17, 15) is 8.78 Å². The molecule has 0 aromatic heterocycles. The van der Waals surface area contributed by atoms with Crippen molar-refractivity contribution in [2.45, 2.75) is 45.3 Å². The summed E-state index contributed by atoms with van der Waals surface area (Å²) in [7, 11) is 1.70. The highest BCUT2D eigenvalue weighted by atomic mass is 79.9. The number of halogens is 3. The third kappa shape index (κ3) is 3.21. The Balaban J connectivity index is 3.41. The molecule has 0 amide bonds. The van der Waals surface area contributed by atoms with Crippen molar-refractivity contribution in [2.24, 2.45) is 0 Å². The lowest BCUT2D eigenvalue weighted by Gasteiger charge is -2.39. The Labute approximate surface area is 128 Å². The van der Waals surface area contributed by atoms with Gasteiger partial charge in [0.2, 0.25) is 0 Å². The standard InChI is InChI=1S/C15H22BrF2NO/c1-5-15(6-2,20-7-3)14(19-4)12-11(17)9-8-10(16)13(12)18/h8-9,14,19H,5-7H2,1-4H3. The third-order valence-electron chi connectivity index (χ3n) is 3.81. The van der Waals surface area contributed by atoms with Crippen molar-refractivity contribution in [3.05, 3.63) is 33.8 Å². The van der Waals surface area contributed by atoms with Crippen LogP contribution in [0.3, 0.4) is 0 Å². The van der Waals surface area contributed by atoms with Gasteiger partial charge in [-0.25, -0.2) is 8.78 Å². The molecule has 1 aromatic carbocycles. The molecular formula is C15H22BrF2NO. The summed E-state index contributed by atoms with van der Waals surface area (Å²) in [6, 6.07) is 2.10. The van der Waals surface area contributed by atoms with Gasteiger partial charge in [-0.3, -0.25) is 0 Å². The summed E-state index contributed by atoms with van der Waals surface area (Å²) in [5.74, 6) is -1.13. The van der Waals surface area contributed by atoms with E-state index in [2.05, 4.69) is 21.2 Å². The van der Waals surface area contributed by atoms with E-state index < -0.39 is 23.3 Å². The highest BCUT2D eigenvalue weighted by molar-refractivity contribution is 9.10. The van der Waals surface area contributed by atoms with Gasteiger partial charge in [-0.05, 0) is 54.9 Å². The number of rotatable bonds is 7. The molecule has 0 bridgehead atoms. The number of benzene rings is 1. The van der Waals surface area contributed by atoms with Gasteiger partial charge in [0.15, 0.2) is 0 Å². The van der Waals surface area contributed by atoms with Crippen LogP contribution < -0.4 is 5.32 Å². The second-order valence-electron chi connectivity index (χ2n) is 4.68. The Morgan fingerprint density at radius 3 is 2.30 bits per heavy atom. The molecule has 0 aliphatic rings. The average molecular weight is 350 g/mol. The zero-order valence-electron chi connectivity index (χ0n) is 12.4. The minimum Gasteiger partial charge on any atom is -0.373 e. The van der Waals surface area contributed by atoms with Crippen LogP contribution in [0.2, 0.25) is 0 Å². The van der Waals surface area contributed by atoms with Gasteiger partial charge in [-0.2, -0.15) is 0 Å². The van der Waals surface area contributed by atoms with Crippen LogP contribution in [0, 0.1) is 11.6 Å². The fourth-order valence-corrected chi connectivity index (χ4v) is 3.06. The molecule has 1 aromatic rings. The summed E-state index contributed by atoms with van der Waals surface area (Å²) in [5, 5.41) is 3.03. The van der Waals surface area contributed by atoms with E-state index in [1.165, 1.54) is 12.1 Å². The zero-order chi connectivity index (χ0) is 15.3. The van der Waals surface area contributed by atoms with Gasteiger partial charge in [-0.1, -0.05) is 13.8 Å². The van der Waals surface area contributed by atoms with Crippen molar-refractivity contribution in [2.75, 3.05) is 13.7 Å². The normalized spacial score (nSPS) is 13.6. The van der Waals surface area contributed by atoms with Crippen molar-refractivity contribution in [3.8, 4) is 0 Å². The Morgan fingerprint density at radius 2 is 1.85 bits per heavy atom. The Bertz CT molecular complexity index is 450. The van der Waals surface area contributed by atoms with E-state index in [0.29, 0.717) is 19.4 Å². The maximum Gasteiger partial charge on any atom is 0.145 e. The van der Waals surface area contributed by atoms with Crippen LogP contribution in [-0.2, 0) is 4.74 Å². The first-order valence-corrected chi connectivity index (χ1v) is 7.71. The van der Waals surface area contributed by atoms with Crippen LogP contribution in [0.5, 0.6) is 0 Å². The van der Waals surface area contributed by atoms with E-state index in [-0.39, 0.29) is 10.0 Å². The Kier molecular flexibility index (Phi) is 6.55. The third-order valence-corrected chi connectivity index (χ3v) is 4.42. The number of nitrogens with one attached hydrogen (secondary N) is 1. The van der Waals surface area contributed by atoms with Gasteiger partial charge < -0.3 is 10.1 Å². The molecule has 0 radical (unpaired) electrons. The molecule has 0 fully saturated rings. The first-order valence-electron chi connectivity index (χ1n) is 6.91. The van der Waals surface area contributed by atoms with Crippen molar-refractivity contribution >= 4 is 15.9 Å². The molecule has 20 heavy (non-hydrogen) atoms. The fraction of sp³-hybridized carbons (Fsp3) is 0.600. The van der Waals surface area contributed by atoms with Crippen LogP contribution in [0.25, 0.3) is 0 Å². The number of likely N-dealkylation sites (N-methyl/N-ethyl adjacent to an activating group) is 1. The van der Waals surface area contributed by atoms with Gasteiger partial charge in [-0.15, -0.1) is 0 Å². The number of hydrogen-bond donors (Lipinski definition) is 1. The second kappa shape index (κ2) is 7.48. The molecule has 1 N–H and O–H groups in total. The van der Waals surface area contributed by atoms with E-state index in [1.54, 1.807) is 7.05 Å². The lowest BCUT2D eigenvalue weighted by molar-refractivity contribution is -0.0732. The van der Waals surface area contributed by atoms with Crippen LogP contribution in [0.1, 0.15) is 45.2 Å². The summed E-state index contributed by atoms with van der Waals surface area (Å²) in [5.41, 5.74) is -0.606. The highest BCUT2D eigenvalue weighted by Crippen LogP contribution is 2.38. The summed E-state index contributed by atoms with van der Waals surface area (Å²) in [4.78, 5) is 0. The smallest absolute Gasteiger partial charge is 0.145 e. The largest absolute Gasteiger partial charge is 0.373 e. The van der Waals surface area contributed by atoms with Gasteiger partial charge in [0.05, 0.1) is 16.1 Å². The molecule has 0 saturated carbocycles. The van der Waals surface area contributed by atoms with E-state index in [1.807, 2.05) is 20.8 Å². The Hall–Kier alpha value is -0.520. The van der Waals surface area contributed by atoms with Crippen molar-refractivity contribution < 1.29 is 13.5 Å².